The zero-order valence-corrected chi connectivity index (χ0v) is 15.7. The Balaban J connectivity index is 1.43. The number of aromatic nitrogens is 1. The highest BCUT2D eigenvalue weighted by molar-refractivity contribution is 7.17. The fourth-order valence-corrected chi connectivity index (χ4v) is 4.24. The first-order valence-corrected chi connectivity index (χ1v) is 9.45. The molecule has 1 aliphatic carbocycles. The first-order valence-electron chi connectivity index (χ1n) is 8.63. The molecule has 1 amide bonds. The van der Waals surface area contributed by atoms with Crippen molar-refractivity contribution in [2.24, 2.45) is 10.6 Å². The molecule has 1 atom stereocenters. The number of rotatable bonds is 3. The second-order valence-corrected chi connectivity index (χ2v) is 8.57. The highest BCUT2D eigenvalue weighted by Crippen LogP contribution is 2.38. The molecular weight excluding hydrogens is 369 g/mol. The van der Waals surface area contributed by atoms with Gasteiger partial charge in [0.2, 0.25) is 6.10 Å². The van der Waals surface area contributed by atoms with Crippen molar-refractivity contribution in [2.45, 2.75) is 39.2 Å². The molecule has 0 bridgehead atoms. The Morgan fingerprint density at radius 3 is 2.96 bits per heavy atom. The smallest absolute Gasteiger partial charge is 0.270 e. The van der Waals surface area contributed by atoms with Gasteiger partial charge in [-0.2, -0.15) is 0 Å². The Morgan fingerprint density at radius 1 is 1.37 bits per heavy atom. The molecule has 0 saturated heterocycles. The van der Waals surface area contributed by atoms with Crippen LogP contribution in [0.4, 0.5) is 9.52 Å². The lowest BCUT2D eigenvalue weighted by Gasteiger charge is -2.26. The lowest BCUT2D eigenvalue weighted by molar-refractivity contribution is -0.125. The minimum Gasteiger partial charge on any atom is -0.382 e. The number of amides is 1. The van der Waals surface area contributed by atoms with Crippen LogP contribution < -0.4 is 5.32 Å². The summed E-state index contributed by atoms with van der Waals surface area (Å²) in [6.45, 7) is 4.06. The summed E-state index contributed by atoms with van der Waals surface area (Å²) >= 11 is 1.20. The number of thiazole rings is 1. The number of oxime groups is 1. The van der Waals surface area contributed by atoms with Gasteiger partial charge in [-0.25, -0.2) is 9.37 Å². The van der Waals surface area contributed by atoms with E-state index in [1.54, 1.807) is 12.1 Å². The second kappa shape index (κ2) is 6.53. The molecule has 140 valence electrons. The number of hydrogen-bond acceptors (Lipinski definition) is 6. The maximum Gasteiger partial charge on any atom is 0.270 e. The van der Waals surface area contributed by atoms with Crippen LogP contribution in [0, 0.1) is 11.2 Å². The summed E-state index contributed by atoms with van der Waals surface area (Å²) in [7, 11) is 0. The number of hydrogen-bond donors (Lipinski definition) is 1. The van der Waals surface area contributed by atoms with Gasteiger partial charge >= 0.3 is 0 Å². The van der Waals surface area contributed by atoms with E-state index in [0.29, 0.717) is 34.1 Å². The van der Waals surface area contributed by atoms with Crippen LogP contribution in [-0.2, 0) is 16.1 Å². The van der Waals surface area contributed by atoms with E-state index in [4.69, 9.17) is 4.84 Å². The third-order valence-corrected chi connectivity index (χ3v) is 5.64. The molecular formula is C19H18FN3O3S. The van der Waals surface area contributed by atoms with E-state index in [9.17, 15) is 14.0 Å². The predicted octanol–water partition coefficient (Wildman–Crippen LogP) is 3.57. The lowest BCUT2D eigenvalue weighted by Crippen LogP contribution is -2.28. The number of anilines is 1. The Hall–Kier alpha value is -2.61. The number of nitrogens with one attached hydrogen (secondary N) is 1. The normalized spacial score (nSPS) is 20.6. The van der Waals surface area contributed by atoms with Crippen LogP contribution in [-0.4, -0.2) is 28.5 Å². The first kappa shape index (κ1) is 17.8. The average Bonchev–Trinajstić information content (AvgIpc) is 3.21. The highest BCUT2D eigenvalue weighted by atomic mass is 32.1. The van der Waals surface area contributed by atoms with Crippen molar-refractivity contribution in [3.05, 3.63) is 46.2 Å². The Labute approximate surface area is 159 Å². The van der Waals surface area contributed by atoms with Crippen molar-refractivity contribution in [3.63, 3.8) is 0 Å². The molecule has 1 unspecified atom stereocenters. The summed E-state index contributed by atoms with van der Waals surface area (Å²) in [5, 5.41) is 7.01. The van der Waals surface area contributed by atoms with Crippen molar-refractivity contribution < 1.29 is 18.8 Å². The van der Waals surface area contributed by atoms with Crippen molar-refractivity contribution in [3.8, 4) is 0 Å². The molecule has 2 aliphatic rings. The molecule has 2 aromatic rings. The zero-order chi connectivity index (χ0) is 19.2. The van der Waals surface area contributed by atoms with Gasteiger partial charge in [0.15, 0.2) is 10.9 Å². The molecule has 0 radical (unpaired) electrons. The first-order chi connectivity index (χ1) is 12.8. The molecule has 2 heterocycles. The standard InChI is InChI=1S/C19H18FN3O3S/c1-19(2)8-13-16(14(24)9-19)27-18(21-13)22-17(25)15-7-12(23-26-15)10-4-3-5-11(20)6-10/h3-6,15H,7-9H2,1-2H3,(H,21,22,25). The van der Waals surface area contributed by atoms with E-state index in [2.05, 4.69) is 15.5 Å². The van der Waals surface area contributed by atoms with E-state index >= 15 is 0 Å². The van der Waals surface area contributed by atoms with Gasteiger partial charge in [0.25, 0.3) is 5.91 Å². The van der Waals surface area contributed by atoms with E-state index in [1.807, 2.05) is 13.8 Å². The zero-order valence-electron chi connectivity index (χ0n) is 14.9. The molecule has 1 aliphatic heterocycles. The van der Waals surface area contributed by atoms with E-state index in [1.165, 1.54) is 23.5 Å². The topological polar surface area (TPSA) is 80.7 Å². The molecule has 6 nitrogen and oxygen atoms in total. The largest absolute Gasteiger partial charge is 0.382 e. The minimum absolute atomic E-state index is 0.0630. The van der Waals surface area contributed by atoms with Gasteiger partial charge in [0.05, 0.1) is 16.3 Å². The summed E-state index contributed by atoms with van der Waals surface area (Å²) in [6, 6.07) is 5.99. The monoisotopic (exact) mass is 387 g/mol. The Morgan fingerprint density at radius 2 is 2.19 bits per heavy atom. The Kier molecular flexibility index (Phi) is 4.30. The number of carbonyl (C=O) groups excluding carboxylic acids is 2. The van der Waals surface area contributed by atoms with Crippen LogP contribution in [0.1, 0.15) is 47.6 Å². The predicted molar refractivity (Wildman–Crippen MR) is 99.6 cm³/mol. The molecule has 1 aromatic carbocycles. The van der Waals surface area contributed by atoms with Crippen molar-refractivity contribution >= 4 is 33.9 Å². The molecule has 0 spiro atoms. The fourth-order valence-electron chi connectivity index (χ4n) is 3.32. The van der Waals surface area contributed by atoms with Gasteiger partial charge in [-0.3, -0.25) is 14.9 Å². The molecule has 1 N–H and O–H groups in total. The number of ketones is 1. The lowest BCUT2D eigenvalue weighted by atomic mass is 9.78. The summed E-state index contributed by atoms with van der Waals surface area (Å²) in [4.78, 5) is 35.0. The van der Waals surface area contributed by atoms with Crippen molar-refractivity contribution in [1.82, 2.24) is 4.98 Å². The van der Waals surface area contributed by atoms with Gasteiger partial charge < -0.3 is 4.84 Å². The van der Waals surface area contributed by atoms with Crippen LogP contribution in [0.15, 0.2) is 29.4 Å². The summed E-state index contributed by atoms with van der Waals surface area (Å²) in [6.07, 6.45) is 0.613. The number of benzene rings is 1. The Bertz CT molecular complexity index is 967. The van der Waals surface area contributed by atoms with Gasteiger partial charge in [0.1, 0.15) is 5.82 Å². The van der Waals surface area contributed by atoms with Crippen molar-refractivity contribution in [1.29, 1.82) is 0 Å². The van der Waals surface area contributed by atoms with Crippen LogP contribution in [0.5, 0.6) is 0 Å². The summed E-state index contributed by atoms with van der Waals surface area (Å²) < 4.78 is 13.4. The molecule has 8 heteroatoms. The van der Waals surface area contributed by atoms with Gasteiger partial charge in [-0.15, -0.1) is 0 Å². The van der Waals surface area contributed by atoms with Crippen LogP contribution in [0.2, 0.25) is 0 Å². The number of nitrogens with zero attached hydrogens (tertiary/aromatic N) is 2. The molecule has 27 heavy (non-hydrogen) atoms. The van der Waals surface area contributed by atoms with Crippen molar-refractivity contribution in [2.75, 3.05) is 5.32 Å². The third kappa shape index (κ3) is 3.62. The van der Waals surface area contributed by atoms with Gasteiger partial charge in [0, 0.05) is 18.4 Å². The molecule has 1 aromatic heterocycles. The minimum atomic E-state index is -0.809. The number of fused-ring (bicyclic) bond motifs is 1. The van der Waals surface area contributed by atoms with E-state index in [-0.39, 0.29) is 29.3 Å². The van der Waals surface area contributed by atoms with E-state index in [0.717, 1.165) is 5.69 Å². The van der Waals surface area contributed by atoms with Crippen LogP contribution in [0.3, 0.4) is 0 Å². The van der Waals surface area contributed by atoms with Gasteiger partial charge in [-0.05, 0) is 24.0 Å². The summed E-state index contributed by atoms with van der Waals surface area (Å²) in [5.41, 5.74) is 1.72. The number of carbonyl (C=O) groups is 2. The fraction of sp³-hybridized carbons (Fsp3) is 0.368. The molecule has 4 rings (SSSR count). The molecule has 0 fully saturated rings. The number of halogens is 1. The third-order valence-electron chi connectivity index (χ3n) is 4.58. The van der Waals surface area contributed by atoms with Crippen LogP contribution >= 0.6 is 11.3 Å². The maximum atomic E-state index is 13.4. The average molecular weight is 387 g/mol. The van der Waals surface area contributed by atoms with Crippen LogP contribution in [0.25, 0.3) is 0 Å². The maximum absolute atomic E-state index is 13.4. The SMILES string of the molecule is CC1(C)CC(=O)c2sc(NC(=O)C3CC(c4cccc(F)c4)=NO3)nc2C1. The second-order valence-electron chi connectivity index (χ2n) is 7.57. The number of Topliss-reactive ketones (excluding diaryl/α,β-unsaturated/α-hetero) is 1. The van der Waals surface area contributed by atoms with E-state index < -0.39 is 6.10 Å². The summed E-state index contributed by atoms with van der Waals surface area (Å²) in [5.74, 6) is -0.694. The van der Waals surface area contributed by atoms with Gasteiger partial charge in [-0.1, -0.05) is 42.5 Å². The highest BCUT2D eigenvalue weighted by Gasteiger charge is 2.35. The quantitative estimate of drug-likeness (QED) is 0.873. The molecule has 0 saturated carbocycles.